The Morgan fingerprint density at radius 3 is 2.83 bits per heavy atom. The number of rotatable bonds is 3. The van der Waals surface area contributed by atoms with Gasteiger partial charge in [0.05, 0.1) is 18.9 Å². The van der Waals surface area contributed by atoms with Gasteiger partial charge in [-0.1, -0.05) is 6.07 Å². The highest BCUT2D eigenvalue weighted by molar-refractivity contribution is 5.04. The second kappa shape index (κ2) is 7.48. The zero-order valence-corrected chi connectivity index (χ0v) is 14.5. The first-order valence-electron chi connectivity index (χ1n) is 9.35. The van der Waals surface area contributed by atoms with Crippen molar-refractivity contribution in [3.05, 3.63) is 30.1 Å². The van der Waals surface area contributed by atoms with Crippen LogP contribution >= 0.6 is 0 Å². The van der Waals surface area contributed by atoms with Crippen molar-refractivity contribution in [1.29, 1.82) is 0 Å². The number of pyridine rings is 1. The average molecular weight is 331 g/mol. The van der Waals surface area contributed by atoms with Crippen LogP contribution in [0.3, 0.4) is 0 Å². The lowest BCUT2D eigenvalue weighted by Gasteiger charge is -2.35. The Bertz CT molecular complexity index is 521. The van der Waals surface area contributed by atoms with Gasteiger partial charge in [0.1, 0.15) is 0 Å². The summed E-state index contributed by atoms with van der Waals surface area (Å²) in [5.74, 6) is 0. The van der Waals surface area contributed by atoms with E-state index in [1.807, 2.05) is 12.3 Å². The van der Waals surface area contributed by atoms with E-state index in [4.69, 9.17) is 9.47 Å². The Balaban J connectivity index is 1.40. The molecule has 3 fully saturated rings. The van der Waals surface area contributed by atoms with E-state index in [2.05, 4.69) is 26.9 Å². The van der Waals surface area contributed by atoms with Crippen LogP contribution in [0.4, 0.5) is 0 Å². The van der Waals surface area contributed by atoms with Crippen LogP contribution in [0.15, 0.2) is 24.4 Å². The van der Waals surface area contributed by atoms with Crippen LogP contribution in [0.1, 0.15) is 25.0 Å². The summed E-state index contributed by atoms with van der Waals surface area (Å²) in [5.41, 5.74) is 1.46. The Labute approximate surface area is 144 Å². The molecule has 1 aromatic rings. The quantitative estimate of drug-likeness (QED) is 0.844. The summed E-state index contributed by atoms with van der Waals surface area (Å²) in [4.78, 5) is 9.75. The molecule has 0 unspecified atom stereocenters. The third-order valence-electron chi connectivity index (χ3n) is 5.81. The molecule has 3 aliphatic heterocycles. The van der Waals surface area contributed by atoms with Crippen molar-refractivity contribution in [2.45, 2.75) is 31.8 Å². The van der Waals surface area contributed by atoms with Gasteiger partial charge >= 0.3 is 0 Å². The van der Waals surface area contributed by atoms with Crippen LogP contribution in [0, 0.1) is 5.41 Å². The Hall–Kier alpha value is -1.01. The fraction of sp³-hybridized carbons (Fsp3) is 0.737. The molecule has 132 valence electrons. The molecule has 0 radical (unpaired) electrons. The largest absolute Gasteiger partial charge is 0.381 e. The fourth-order valence-electron chi connectivity index (χ4n) is 4.52. The minimum atomic E-state index is 0.295. The SMILES string of the molecule is c1ccc(CN2CCOC[C@]3(CCN(C4CCOCC4)C3)C2)nc1. The van der Waals surface area contributed by atoms with Crippen LogP contribution in [0.2, 0.25) is 0 Å². The van der Waals surface area contributed by atoms with Crippen LogP contribution in [-0.4, -0.2) is 73.4 Å². The third-order valence-corrected chi connectivity index (χ3v) is 5.81. The second-order valence-corrected chi connectivity index (χ2v) is 7.65. The highest BCUT2D eigenvalue weighted by atomic mass is 16.5. The van der Waals surface area contributed by atoms with Gasteiger partial charge in [0, 0.05) is 57.0 Å². The molecule has 3 aliphatic rings. The van der Waals surface area contributed by atoms with E-state index in [1.54, 1.807) is 0 Å². The molecule has 0 amide bonds. The lowest BCUT2D eigenvalue weighted by atomic mass is 9.87. The molecule has 0 saturated carbocycles. The van der Waals surface area contributed by atoms with E-state index in [0.29, 0.717) is 11.5 Å². The van der Waals surface area contributed by atoms with Gasteiger partial charge in [0.2, 0.25) is 0 Å². The van der Waals surface area contributed by atoms with Crippen LogP contribution in [0.5, 0.6) is 0 Å². The van der Waals surface area contributed by atoms with Crippen LogP contribution < -0.4 is 0 Å². The van der Waals surface area contributed by atoms with E-state index in [1.165, 1.54) is 32.4 Å². The molecule has 5 heteroatoms. The van der Waals surface area contributed by atoms with E-state index in [-0.39, 0.29) is 0 Å². The van der Waals surface area contributed by atoms with Crippen LogP contribution in [0.25, 0.3) is 0 Å². The molecule has 24 heavy (non-hydrogen) atoms. The molecular formula is C19H29N3O2. The summed E-state index contributed by atoms with van der Waals surface area (Å²) in [7, 11) is 0. The van der Waals surface area contributed by atoms with Crippen molar-refractivity contribution in [1.82, 2.24) is 14.8 Å². The predicted octanol–water partition coefficient (Wildman–Crippen LogP) is 1.78. The zero-order chi connectivity index (χ0) is 16.2. The minimum absolute atomic E-state index is 0.295. The number of hydrogen-bond acceptors (Lipinski definition) is 5. The van der Waals surface area contributed by atoms with Crippen molar-refractivity contribution in [2.75, 3.05) is 52.6 Å². The first kappa shape index (κ1) is 16.5. The summed E-state index contributed by atoms with van der Waals surface area (Å²) in [6, 6.07) is 6.90. The highest BCUT2D eigenvalue weighted by Crippen LogP contribution is 2.36. The summed E-state index contributed by atoms with van der Waals surface area (Å²) >= 11 is 0. The van der Waals surface area contributed by atoms with E-state index < -0.39 is 0 Å². The van der Waals surface area contributed by atoms with Gasteiger partial charge in [0.25, 0.3) is 0 Å². The summed E-state index contributed by atoms with van der Waals surface area (Å²) in [6.45, 7) is 9.06. The molecule has 4 rings (SSSR count). The van der Waals surface area contributed by atoms with Gasteiger partial charge in [-0.2, -0.15) is 0 Å². The number of ether oxygens (including phenoxy) is 2. The van der Waals surface area contributed by atoms with Gasteiger partial charge in [-0.3, -0.25) is 14.8 Å². The molecule has 5 nitrogen and oxygen atoms in total. The smallest absolute Gasteiger partial charge is 0.0593 e. The number of aromatic nitrogens is 1. The Morgan fingerprint density at radius 1 is 1.08 bits per heavy atom. The summed E-state index contributed by atoms with van der Waals surface area (Å²) in [6.07, 6.45) is 5.52. The highest BCUT2D eigenvalue weighted by Gasteiger charge is 2.43. The van der Waals surface area contributed by atoms with Crippen LogP contribution in [-0.2, 0) is 16.0 Å². The monoisotopic (exact) mass is 331 g/mol. The van der Waals surface area contributed by atoms with Crippen molar-refractivity contribution < 1.29 is 9.47 Å². The summed E-state index contributed by atoms with van der Waals surface area (Å²) < 4.78 is 11.6. The van der Waals surface area contributed by atoms with E-state index in [9.17, 15) is 0 Å². The fourth-order valence-corrected chi connectivity index (χ4v) is 4.52. The molecule has 1 aromatic heterocycles. The first-order chi connectivity index (χ1) is 11.8. The maximum absolute atomic E-state index is 6.02. The first-order valence-corrected chi connectivity index (χ1v) is 9.35. The maximum atomic E-state index is 6.02. The Morgan fingerprint density at radius 2 is 2.00 bits per heavy atom. The lowest BCUT2D eigenvalue weighted by molar-refractivity contribution is 0.0284. The van der Waals surface area contributed by atoms with Crippen molar-refractivity contribution in [2.24, 2.45) is 5.41 Å². The van der Waals surface area contributed by atoms with Gasteiger partial charge in [-0.15, -0.1) is 0 Å². The normalized spacial score (nSPS) is 30.7. The lowest BCUT2D eigenvalue weighted by Crippen LogP contribution is -2.43. The zero-order valence-electron chi connectivity index (χ0n) is 14.5. The van der Waals surface area contributed by atoms with Crippen molar-refractivity contribution in [3.63, 3.8) is 0 Å². The molecule has 1 spiro atoms. The summed E-state index contributed by atoms with van der Waals surface area (Å²) in [5, 5.41) is 0. The van der Waals surface area contributed by atoms with Crippen molar-refractivity contribution in [3.8, 4) is 0 Å². The molecule has 4 heterocycles. The topological polar surface area (TPSA) is 37.8 Å². The predicted molar refractivity (Wildman–Crippen MR) is 92.8 cm³/mol. The maximum Gasteiger partial charge on any atom is 0.0593 e. The third kappa shape index (κ3) is 3.80. The molecule has 0 aromatic carbocycles. The number of nitrogens with zero attached hydrogens (tertiary/aromatic N) is 3. The second-order valence-electron chi connectivity index (χ2n) is 7.65. The average Bonchev–Trinajstić information content (AvgIpc) is 2.94. The standard InChI is InChI=1S/C19H29N3O2/c1-2-7-20-17(3-1)13-21-9-12-24-16-19(14-21)6-8-22(15-19)18-4-10-23-11-5-18/h1-3,7,18H,4-6,8-16H2/t19-/m1/s1. The molecule has 3 saturated heterocycles. The molecule has 0 N–H and O–H groups in total. The van der Waals surface area contributed by atoms with Gasteiger partial charge in [-0.05, 0) is 37.9 Å². The van der Waals surface area contributed by atoms with E-state index in [0.717, 1.165) is 51.8 Å². The van der Waals surface area contributed by atoms with Gasteiger partial charge in [0.15, 0.2) is 0 Å². The molecular weight excluding hydrogens is 302 g/mol. The minimum Gasteiger partial charge on any atom is -0.381 e. The number of hydrogen-bond donors (Lipinski definition) is 0. The Kier molecular flexibility index (Phi) is 5.13. The molecule has 0 bridgehead atoms. The van der Waals surface area contributed by atoms with Crippen molar-refractivity contribution >= 4 is 0 Å². The van der Waals surface area contributed by atoms with E-state index >= 15 is 0 Å². The molecule has 0 aliphatic carbocycles. The van der Waals surface area contributed by atoms with Gasteiger partial charge < -0.3 is 9.47 Å². The van der Waals surface area contributed by atoms with Gasteiger partial charge in [-0.25, -0.2) is 0 Å². The molecule has 1 atom stereocenters. The number of likely N-dealkylation sites (tertiary alicyclic amines) is 1.